The van der Waals surface area contributed by atoms with Gasteiger partial charge < -0.3 is 4.90 Å². The molecule has 0 amide bonds. The first-order chi connectivity index (χ1) is 12.9. The Morgan fingerprint density at radius 2 is 1.89 bits per heavy atom. The number of nitrogens with zero attached hydrogens (tertiary/aromatic N) is 5. The van der Waals surface area contributed by atoms with Crippen LogP contribution in [0.25, 0.3) is 22.0 Å². The summed E-state index contributed by atoms with van der Waals surface area (Å²) < 4.78 is 16.7. The summed E-state index contributed by atoms with van der Waals surface area (Å²) in [5.41, 5.74) is 1.49. The highest BCUT2D eigenvalue weighted by Crippen LogP contribution is 2.29. The Morgan fingerprint density at radius 1 is 1.11 bits per heavy atom. The standard InChI is InChI=1S/C20H22FN5O/c1-25-5-3-20(21,4-6-25)19(27)9-17-8-14-7-15(10-23-18(14)12-22-17)16-11-24-26(2)13-16/h7-8,10-13H,3-6,9H2,1-2H3. The molecule has 0 radical (unpaired) electrons. The van der Waals surface area contributed by atoms with Crippen molar-refractivity contribution < 1.29 is 9.18 Å². The molecule has 140 valence electrons. The maximum Gasteiger partial charge on any atom is 0.175 e. The predicted octanol–water partition coefficient (Wildman–Crippen LogP) is 2.58. The number of aryl methyl sites for hydroxylation is 1. The minimum Gasteiger partial charge on any atom is -0.306 e. The number of hydrogen-bond acceptors (Lipinski definition) is 5. The number of carbonyl (C=O) groups excluding carboxylic acids is 1. The number of ketones is 1. The first-order valence-electron chi connectivity index (χ1n) is 9.07. The molecule has 4 rings (SSSR count). The number of hydrogen-bond donors (Lipinski definition) is 0. The van der Waals surface area contributed by atoms with Gasteiger partial charge in [0.2, 0.25) is 0 Å². The molecule has 7 heteroatoms. The number of carbonyl (C=O) groups is 1. The number of piperidine rings is 1. The van der Waals surface area contributed by atoms with E-state index in [2.05, 4.69) is 15.1 Å². The molecule has 6 nitrogen and oxygen atoms in total. The Balaban J connectivity index is 1.58. The van der Waals surface area contributed by atoms with Crippen LogP contribution in [-0.4, -0.2) is 56.2 Å². The fraction of sp³-hybridized carbons (Fsp3) is 0.400. The van der Waals surface area contributed by atoms with Crippen molar-refractivity contribution in [3.8, 4) is 11.1 Å². The van der Waals surface area contributed by atoms with Crippen molar-refractivity contribution in [2.45, 2.75) is 24.9 Å². The Labute approximate surface area is 157 Å². The number of halogens is 1. The van der Waals surface area contributed by atoms with E-state index >= 15 is 4.39 Å². The number of fused-ring (bicyclic) bond motifs is 1. The summed E-state index contributed by atoms with van der Waals surface area (Å²) in [5, 5.41) is 5.06. The predicted molar refractivity (Wildman–Crippen MR) is 101 cm³/mol. The maximum absolute atomic E-state index is 15.0. The number of pyridine rings is 2. The largest absolute Gasteiger partial charge is 0.306 e. The highest BCUT2D eigenvalue weighted by Gasteiger charge is 2.40. The molecule has 1 fully saturated rings. The Kier molecular flexibility index (Phi) is 4.47. The third-order valence-corrected chi connectivity index (χ3v) is 5.28. The lowest BCUT2D eigenvalue weighted by atomic mass is 9.87. The summed E-state index contributed by atoms with van der Waals surface area (Å²) in [6.45, 7) is 1.21. The van der Waals surface area contributed by atoms with Crippen molar-refractivity contribution in [3.05, 3.63) is 42.6 Å². The number of alkyl halides is 1. The van der Waals surface area contributed by atoms with Gasteiger partial charge in [0.05, 0.1) is 24.3 Å². The molecule has 0 bridgehead atoms. The second-order valence-electron chi connectivity index (χ2n) is 7.36. The van der Waals surface area contributed by atoms with Crippen LogP contribution >= 0.6 is 0 Å². The minimum atomic E-state index is -1.74. The third kappa shape index (κ3) is 3.60. The summed E-state index contributed by atoms with van der Waals surface area (Å²) in [7, 11) is 3.81. The van der Waals surface area contributed by atoms with Crippen molar-refractivity contribution in [1.29, 1.82) is 0 Å². The van der Waals surface area contributed by atoms with Gasteiger partial charge in [0.25, 0.3) is 0 Å². The molecule has 0 aliphatic carbocycles. The zero-order valence-electron chi connectivity index (χ0n) is 15.5. The molecular formula is C20H22FN5O. The molecular weight excluding hydrogens is 345 g/mol. The number of rotatable bonds is 4. The van der Waals surface area contributed by atoms with E-state index in [4.69, 9.17) is 0 Å². The van der Waals surface area contributed by atoms with Gasteiger partial charge in [-0.25, -0.2) is 4.39 Å². The van der Waals surface area contributed by atoms with Gasteiger partial charge in [-0.3, -0.25) is 19.4 Å². The van der Waals surface area contributed by atoms with Crippen LogP contribution in [0, 0.1) is 0 Å². The lowest BCUT2D eigenvalue weighted by Gasteiger charge is -2.33. The fourth-order valence-corrected chi connectivity index (χ4v) is 3.48. The van der Waals surface area contributed by atoms with Crippen LogP contribution < -0.4 is 0 Å². The second kappa shape index (κ2) is 6.81. The van der Waals surface area contributed by atoms with E-state index in [1.165, 1.54) is 0 Å². The summed E-state index contributed by atoms with van der Waals surface area (Å²) in [5.74, 6) is -0.376. The number of Topliss-reactive ketones (excluding diaryl/α,β-unsaturated/α-hetero) is 1. The van der Waals surface area contributed by atoms with Gasteiger partial charge in [-0.05, 0) is 19.2 Å². The van der Waals surface area contributed by atoms with E-state index in [1.54, 1.807) is 23.3 Å². The molecule has 0 spiro atoms. The van der Waals surface area contributed by atoms with Crippen LogP contribution in [0.4, 0.5) is 4.39 Å². The SMILES string of the molecule is CN1CCC(F)(C(=O)Cc2cc3cc(-c4cnn(C)c4)cnc3cn2)CC1. The van der Waals surface area contributed by atoms with Gasteiger partial charge in [0.1, 0.15) is 0 Å². The number of aromatic nitrogens is 4. The van der Waals surface area contributed by atoms with Crippen molar-refractivity contribution in [3.63, 3.8) is 0 Å². The summed E-state index contributed by atoms with van der Waals surface area (Å²) in [4.78, 5) is 23.4. The monoisotopic (exact) mass is 367 g/mol. The molecule has 0 atom stereocenters. The lowest BCUT2D eigenvalue weighted by molar-refractivity contribution is -0.132. The van der Waals surface area contributed by atoms with E-state index in [1.807, 2.05) is 37.3 Å². The van der Waals surface area contributed by atoms with E-state index in [0.717, 1.165) is 22.0 Å². The molecule has 0 saturated carbocycles. The molecule has 3 aromatic rings. The summed E-state index contributed by atoms with van der Waals surface area (Å²) in [6, 6.07) is 3.83. The van der Waals surface area contributed by atoms with Crippen LogP contribution in [-0.2, 0) is 18.3 Å². The summed E-state index contributed by atoms with van der Waals surface area (Å²) >= 11 is 0. The Hall–Kier alpha value is -2.67. The van der Waals surface area contributed by atoms with Crippen molar-refractivity contribution in [1.82, 2.24) is 24.6 Å². The molecule has 0 aromatic carbocycles. The Morgan fingerprint density at radius 3 is 2.59 bits per heavy atom. The van der Waals surface area contributed by atoms with Gasteiger partial charge in [-0.2, -0.15) is 5.10 Å². The van der Waals surface area contributed by atoms with Crippen LogP contribution in [0.5, 0.6) is 0 Å². The van der Waals surface area contributed by atoms with Crippen molar-refractivity contribution >= 4 is 16.7 Å². The Bertz CT molecular complexity index is 991. The third-order valence-electron chi connectivity index (χ3n) is 5.28. The molecule has 1 aliphatic rings. The molecule has 1 saturated heterocycles. The zero-order chi connectivity index (χ0) is 19.0. The highest BCUT2D eigenvalue weighted by molar-refractivity contribution is 5.90. The van der Waals surface area contributed by atoms with Crippen LogP contribution in [0.2, 0.25) is 0 Å². The summed E-state index contributed by atoms with van der Waals surface area (Å²) in [6.07, 6.45) is 7.63. The van der Waals surface area contributed by atoms with Gasteiger partial charge in [0, 0.05) is 67.6 Å². The second-order valence-corrected chi connectivity index (χ2v) is 7.36. The molecule has 3 aromatic heterocycles. The molecule has 0 N–H and O–H groups in total. The highest BCUT2D eigenvalue weighted by atomic mass is 19.1. The van der Waals surface area contributed by atoms with Crippen molar-refractivity contribution in [2.24, 2.45) is 7.05 Å². The van der Waals surface area contributed by atoms with E-state index < -0.39 is 5.67 Å². The van der Waals surface area contributed by atoms with Crippen LogP contribution in [0.15, 0.2) is 36.9 Å². The molecule has 4 heterocycles. The van der Waals surface area contributed by atoms with Gasteiger partial charge in [0.15, 0.2) is 11.5 Å². The van der Waals surface area contributed by atoms with E-state index in [-0.39, 0.29) is 25.0 Å². The van der Waals surface area contributed by atoms with Gasteiger partial charge in [-0.1, -0.05) is 0 Å². The molecule has 0 unspecified atom stereocenters. The normalized spacial score (nSPS) is 17.3. The first kappa shape index (κ1) is 17.7. The smallest absolute Gasteiger partial charge is 0.175 e. The average Bonchev–Trinajstić information content (AvgIpc) is 3.10. The lowest BCUT2D eigenvalue weighted by Crippen LogP contribution is -2.45. The molecule has 27 heavy (non-hydrogen) atoms. The van der Waals surface area contributed by atoms with Crippen molar-refractivity contribution in [2.75, 3.05) is 20.1 Å². The topological polar surface area (TPSA) is 63.9 Å². The minimum absolute atomic E-state index is 0.00722. The maximum atomic E-state index is 15.0. The number of likely N-dealkylation sites (tertiary alicyclic amines) is 1. The first-order valence-corrected chi connectivity index (χ1v) is 9.07. The average molecular weight is 367 g/mol. The van der Waals surface area contributed by atoms with Crippen LogP contribution in [0.1, 0.15) is 18.5 Å². The van der Waals surface area contributed by atoms with Gasteiger partial charge >= 0.3 is 0 Å². The zero-order valence-corrected chi connectivity index (χ0v) is 15.5. The van der Waals surface area contributed by atoms with Crippen LogP contribution in [0.3, 0.4) is 0 Å². The van der Waals surface area contributed by atoms with E-state index in [0.29, 0.717) is 18.8 Å². The fourth-order valence-electron chi connectivity index (χ4n) is 3.48. The van der Waals surface area contributed by atoms with E-state index in [9.17, 15) is 4.79 Å². The quantitative estimate of drug-likeness (QED) is 0.709. The molecule has 1 aliphatic heterocycles. The van der Waals surface area contributed by atoms with Gasteiger partial charge in [-0.15, -0.1) is 0 Å².